The van der Waals surface area contributed by atoms with Crippen LogP contribution in [0.4, 0.5) is 0 Å². The SMILES string of the molecule is CCC(c1ccc(Cl)c(Cl)c1)C(C)O. The first kappa shape index (κ1) is 11.8. The maximum absolute atomic E-state index is 9.55. The van der Waals surface area contributed by atoms with Crippen LogP contribution in [0.3, 0.4) is 0 Å². The second kappa shape index (κ2) is 5.01. The lowest BCUT2D eigenvalue weighted by Gasteiger charge is -2.18. The van der Waals surface area contributed by atoms with Crippen molar-refractivity contribution < 1.29 is 5.11 Å². The molecule has 0 aromatic heterocycles. The number of halogens is 2. The molecule has 2 atom stereocenters. The zero-order chi connectivity index (χ0) is 10.7. The Hall–Kier alpha value is -0.240. The molecule has 2 unspecified atom stereocenters. The third kappa shape index (κ3) is 2.63. The molecule has 3 heteroatoms. The van der Waals surface area contributed by atoms with Crippen LogP contribution in [-0.2, 0) is 0 Å². The molecule has 78 valence electrons. The van der Waals surface area contributed by atoms with Gasteiger partial charge in [0.15, 0.2) is 0 Å². The second-order valence-corrected chi connectivity index (χ2v) is 4.24. The second-order valence-electron chi connectivity index (χ2n) is 3.43. The van der Waals surface area contributed by atoms with Gasteiger partial charge in [0.2, 0.25) is 0 Å². The first-order valence-corrected chi connectivity index (χ1v) is 5.44. The molecule has 1 rings (SSSR count). The molecule has 1 nitrogen and oxygen atoms in total. The predicted molar refractivity (Wildman–Crippen MR) is 61.2 cm³/mol. The summed E-state index contributed by atoms with van der Waals surface area (Å²) in [6.07, 6.45) is 0.521. The van der Waals surface area contributed by atoms with Crippen LogP contribution in [0.25, 0.3) is 0 Å². The maximum Gasteiger partial charge on any atom is 0.0595 e. The minimum atomic E-state index is -0.364. The van der Waals surface area contributed by atoms with Crippen molar-refractivity contribution in [1.82, 2.24) is 0 Å². The fourth-order valence-electron chi connectivity index (χ4n) is 1.60. The number of rotatable bonds is 3. The highest BCUT2D eigenvalue weighted by molar-refractivity contribution is 6.42. The van der Waals surface area contributed by atoms with Crippen LogP contribution in [0.15, 0.2) is 18.2 Å². The number of hydrogen-bond donors (Lipinski definition) is 1. The van der Waals surface area contributed by atoms with E-state index in [1.165, 1.54) is 0 Å². The monoisotopic (exact) mass is 232 g/mol. The Labute approximate surface area is 94.7 Å². The molecule has 0 bridgehead atoms. The maximum atomic E-state index is 9.55. The molecule has 0 saturated heterocycles. The minimum absolute atomic E-state index is 0.129. The van der Waals surface area contributed by atoms with Gasteiger partial charge in [-0.05, 0) is 31.0 Å². The predicted octanol–water partition coefficient (Wildman–Crippen LogP) is 3.87. The van der Waals surface area contributed by atoms with Crippen molar-refractivity contribution in [2.75, 3.05) is 0 Å². The van der Waals surface area contributed by atoms with Crippen molar-refractivity contribution in [2.24, 2.45) is 0 Å². The Balaban J connectivity index is 3.00. The van der Waals surface area contributed by atoms with Crippen LogP contribution in [0.2, 0.25) is 10.0 Å². The van der Waals surface area contributed by atoms with Crippen LogP contribution in [0, 0.1) is 0 Å². The molecule has 0 aliphatic carbocycles. The van der Waals surface area contributed by atoms with Gasteiger partial charge in [0.05, 0.1) is 16.1 Å². The normalized spacial score (nSPS) is 15.2. The Kier molecular flexibility index (Phi) is 4.24. The van der Waals surface area contributed by atoms with Crippen LogP contribution >= 0.6 is 23.2 Å². The van der Waals surface area contributed by atoms with E-state index in [0.29, 0.717) is 10.0 Å². The minimum Gasteiger partial charge on any atom is -0.393 e. The van der Waals surface area contributed by atoms with Gasteiger partial charge in [-0.25, -0.2) is 0 Å². The van der Waals surface area contributed by atoms with E-state index in [1.807, 2.05) is 19.1 Å². The van der Waals surface area contributed by atoms with E-state index in [2.05, 4.69) is 0 Å². The first-order valence-electron chi connectivity index (χ1n) is 4.69. The summed E-state index contributed by atoms with van der Waals surface area (Å²) in [5.74, 6) is 0.129. The first-order chi connectivity index (χ1) is 6.56. The quantitative estimate of drug-likeness (QED) is 0.840. The van der Waals surface area contributed by atoms with E-state index in [1.54, 1.807) is 13.0 Å². The third-order valence-corrected chi connectivity index (χ3v) is 3.13. The van der Waals surface area contributed by atoms with Crippen LogP contribution in [-0.4, -0.2) is 11.2 Å². The summed E-state index contributed by atoms with van der Waals surface area (Å²) in [5.41, 5.74) is 1.04. The Bertz CT molecular complexity index is 310. The lowest BCUT2D eigenvalue weighted by molar-refractivity contribution is 0.160. The molecule has 1 N–H and O–H groups in total. The summed E-state index contributed by atoms with van der Waals surface area (Å²) in [5, 5.41) is 10.6. The van der Waals surface area contributed by atoms with E-state index in [0.717, 1.165) is 12.0 Å². The number of aliphatic hydroxyl groups is 1. The van der Waals surface area contributed by atoms with E-state index in [9.17, 15) is 5.11 Å². The summed E-state index contributed by atoms with van der Waals surface area (Å²) in [7, 11) is 0. The average molecular weight is 233 g/mol. The van der Waals surface area contributed by atoms with Crippen molar-refractivity contribution in [1.29, 1.82) is 0 Å². The molecule has 0 saturated carbocycles. The highest BCUT2D eigenvalue weighted by Gasteiger charge is 2.15. The lowest BCUT2D eigenvalue weighted by Crippen LogP contribution is -2.13. The third-order valence-electron chi connectivity index (χ3n) is 2.39. The van der Waals surface area contributed by atoms with E-state index < -0.39 is 0 Å². The lowest BCUT2D eigenvalue weighted by atomic mass is 9.92. The molecule has 1 aromatic rings. The van der Waals surface area contributed by atoms with Gasteiger partial charge in [-0.1, -0.05) is 36.2 Å². The fraction of sp³-hybridized carbons (Fsp3) is 0.455. The number of aliphatic hydroxyl groups excluding tert-OH is 1. The average Bonchev–Trinajstić information content (AvgIpc) is 2.11. The topological polar surface area (TPSA) is 20.2 Å². The Morgan fingerprint density at radius 3 is 2.36 bits per heavy atom. The van der Waals surface area contributed by atoms with Gasteiger partial charge in [-0.15, -0.1) is 0 Å². The summed E-state index contributed by atoms with van der Waals surface area (Å²) in [6.45, 7) is 3.83. The largest absolute Gasteiger partial charge is 0.393 e. The summed E-state index contributed by atoms with van der Waals surface area (Å²) < 4.78 is 0. The van der Waals surface area contributed by atoms with Gasteiger partial charge >= 0.3 is 0 Å². The molecule has 0 radical (unpaired) electrons. The molecule has 0 aliphatic heterocycles. The van der Waals surface area contributed by atoms with Crippen molar-refractivity contribution >= 4 is 23.2 Å². The number of hydrogen-bond acceptors (Lipinski definition) is 1. The Morgan fingerprint density at radius 1 is 1.29 bits per heavy atom. The standard InChI is InChI=1S/C11H14Cl2O/c1-3-9(7(2)14)8-4-5-10(12)11(13)6-8/h4-7,9,14H,3H2,1-2H3. The van der Waals surface area contributed by atoms with Crippen molar-refractivity contribution in [2.45, 2.75) is 32.3 Å². The zero-order valence-corrected chi connectivity index (χ0v) is 9.81. The summed E-state index contributed by atoms with van der Waals surface area (Å²) in [4.78, 5) is 0. The highest BCUT2D eigenvalue weighted by atomic mass is 35.5. The molecule has 0 heterocycles. The molecule has 1 aromatic carbocycles. The molecular formula is C11H14Cl2O. The van der Waals surface area contributed by atoms with Crippen molar-refractivity contribution in [3.63, 3.8) is 0 Å². The van der Waals surface area contributed by atoms with Gasteiger partial charge in [0, 0.05) is 5.92 Å². The number of benzene rings is 1. The molecule has 0 aliphatic rings. The van der Waals surface area contributed by atoms with Gasteiger partial charge in [-0.3, -0.25) is 0 Å². The molecular weight excluding hydrogens is 219 g/mol. The van der Waals surface area contributed by atoms with E-state index in [-0.39, 0.29) is 12.0 Å². The van der Waals surface area contributed by atoms with Crippen molar-refractivity contribution in [3.05, 3.63) is 33.8 Å². The van der Waals surface area contributed by atoms with Crippen molar-refractivity contribution in [3.8, 4) is 0 Å². The molecule has 0 spiro atoms. The van der Waals surface area contributed by atoms with Gasteiger partial charge in [0.1, 0.15) is 0 Å². The highest BCUT2D eigenvalue weighted by Crippen LogP contribution is 2.29. The van der Waals surface area contributed by atoms with Crippen LogP contribution < -0.4 is 0 Å². The fourth-order valence-corrected chi connectivity index (χ4v) is 1.90. The zero-order valence-electron chi connectivity index (χ0n) is 8.30. The van der Waals surface area contributed by atoms with Crippen LogP contribution in [0.5, 0.6) is 0 Å². The summed E-state index contributed by atoms with van der Waals surface area (Å²) >= 11 is 11.7. The Morgan fingerprint density at radius 2 is 1.93 bits per heavy atom. The van der Waals surface area contributed by atoms with Gasteiger partial charge in [-0.2, -0.15) is 0 Å². The smallest absolute Gasteiger partial charge is 0.0595 e. The van der Waals surface area contributed by atoms with Crippen LogP contribution in [0.1, 0.15) is 31.7 Å². The summed E-state index contributed by atoms with van der Waals surface area (Å²) in [6, 6.07) is 5.50. The van der Waals surface area contributed by atoms with Gasteiger partial charge < -0.3 is 5.11 Å². The van der Waals surface area contributed by atoms with E-state index in [4.69, 9.17) is 23.2 Å². The molecule has 0 fully saturated rings. The molecule has 0 amide bonds. The van der Waals surface area contributed by atoms with Gasteiger partial charge in [0.25, 0.3) is 0 Å². The van der Waals surface area contributed by atoms with E-state index >= 15 is 0 Å². The molecule has 14 heavy (non-hydrogen) atoms.